The van der Waals surface area contributed by atoms with Gasteiger partial charge < -0.3 is 4.90 Å². The Balaban J connectivity index is 1.09. The molecule has 0 saturated heterocycles. The van der Waals surface area contributed by atoms with Crippen molar-refractivity contribution >= 4 is 90.9 Å². The highest BCUT2D eigenvalue weighted by molar-refractivity contribution is 7.26. The highest BCUT2D eigenvalue weighted by atomic mass is 32.1. The van der Waals surface area contributed by atoms with Gasteiger partial charge in [-0.3, -0.25) is 0 Å². The molecule has 0 radical (unpaired) electrons. The summed E-state index contributed by atoms with van der Waals surface area (Å²) in [5.41, 5.74) is 15.5. The van der Waals surface area contributed by atoms with Gasteiger partial charge in [-0.2, -0.15) is 0 Å². The summed E-state index contributed by atoms with van der Waals surface area (Å²) in [5, 5.41) is 7.52. The Labute approximate surface area is 397 Å². The van der Waals surface area contributed by atoms with E-state index < -0.39 is 0 Å². The summed E-state index contributed by atoms with van der Waals surface area (Å²) >= 11 is 3.77. The van der Waals surface area contributed by atoms with Gasteiger partial charge in [0.05, 0.1) is 11.4 Å². The molecule has 2 heterocycles. The van der Waals surface area contributed by atoms with Gasteiger partial charge in [0.25, 0.3) is 0 Å². The Morgan fingerprint density at radius 3 is 1.48 bits per heavy atom. The SMILES string of the molecule is c1ccc(-c2ccc3c(c2)sc2ccc(N(c4ccc(-c5ccc6ccccc6c5)cc4-c4ccccc4)c4ccc(-c5ccccc5)c5sc6cc(-c7ccccc7)ccc6c45)cc23)cc1. The van der Waals surface area contributed by atoms with Crippen molar-refractivity contribution in [2.45, 2.75) is 0 Å². The van der Waals surface area contributed by atoms with Crippen LogP contribution in [-0.4, -0.2) is 0 Å². The Bertz CT molecular complexity index is 3960. The Kier molecular flexibility index (Phi) is 9.63. The van der Waals surface area contributed by atoms with Crippen LogP contribution < -0.4 is 4.90 Å². The molecule has 13 rings (SSSR count). The third-order valence-electron chi connectivity index (χ3n) is 13.3. The van der Waals surface area contributed by atoms with Gasteiger partial charge >= 0.3 is 0 Å². The summed E-state index contributed by atoms with van der Waals surface area (Å²) in [6.45, 7) is 0. The summed E-state index contributed by atoms with van der Waals surface area (Å²) < 4.78 is 5.11. The van der Waals surface area contributed by atoms with E-state index in [1.165, 1.54) is 107 Å². The molecule has 0 spiro atoms. The Hall–Kier alpha value is -8.08. The molecular weight excluding hydrogens is 847 g/mol. The van der Waals surface area contributed by atoms with E-state index in [4.69, 9.17) is 0 Å². The first-order chi connectivity index (χ1) is 33.2. The minimum atomic E-state index is 1.11. The number of rotatable bonds is 8. The minimum Gasteiger partial charge on any atom is -0.309 e. The van der Waals surface area contributed by atoms with E-state index >= 15 is 0 Å². The van der Waals surface area contributed by atoms with Crippen molar-refractivity contribution in [1.29, 1.82) is 0 Å². The van der Waals surface area contributed by atoms with E-state index in [0.29, 0.717) is 0 Å². The Morgan fingerprint density at radius 2 is 0.791 bits per heavy atom. The largest absolute Gasteiger partial charge is 0.309 e. The predicted molar refractivity (Wildman–Crippen MR) is 292 cm³/mol. The van der Waals surface area contributed by atoms with Crippen LogP contribution in [-0.2, 0) is 0 Å². The summed E-state index contributed by atoms with van der Waals surface area (Å²) in [6, 6.07) is 91.6. The quantitative estimate of drug-likeness (QED) is 0.147. The normalized spacial score (nSPS) is 11.6. The second-order valence-corrected chi connectivity index (χ2v) is 19.4. The van der Waals surface area contributed by atoms with E-state index in [1.54, 1.807) is 0 Å². The van der Waals surface area contributed by atoms with Gasteiger partial charge in [0.1, 0.15) is 0 Å². The van der Waals surface area contributed by atoms with Crippen LogP contribution in [0, 0.1) is 0 Å². The molecular formula is C64H41NS2. The lowest BCUT2D eigenvalue weighted by atomic mass is 9.94. The van der Waals surface area contributed by atoms with Gasteiger partial charge in [-0.15, -0.1) is 22.7 Å². The molecule has 2 aromatic heterocycles. The first-order valence-corrected chi connectivity index (χ1v) is 24.4. The molecule has 0 aliphatic carbocycles. The van der Waals surface area contributed by atoms with E-state index in [-0.39, 0.29) is 0 Å². The molecule has 1 nitrogen and oxygen atoms in total. The zero-order valence-corrected chi connectivity index (χ0v) is 38.1. The number of hydrogen-bond donors (Lipinski definition) is 0. The molecule has 0 atom stereocenters. The fourth-order valence-electron chi connectivity index (χ4n) is 9.95. The van der Waals surface area contributed by atoms with Crippen LogP contribution in [0.3, 0.4) is 0 Å². The molecule has 3 heteroatoms. The van der Waals surface area contributed by atoms with Crippen molar-refractivity contribution in [3.63, 3.8) is 0 Å². The molecule has 0 fully saturated rings. The highest BCUT2D eigenvalue weighted by Crippen LogP contribution is 2.52. The molecule has 0 aliphatic rings. The van der Waals surface area contributed by atoms with E-state index in [9.17, 15) is 0 Å². The number of nitrogens with zero attached hydrogens (tertiary/aromatic N) is 1. The highest BCUT2D eigenvalue weighted by Gasteiger charge is 2.25. The van der Waals surface area contributed by atoms with Crippen molar-refractivity contribution in [2.75, 3.05) is 4.90 Å². The molecule has 0 saturated carbocycles. The lowest BCUT2D eigenvalue weighted by Gasteiger charge is -2.30. The second kappa shape index (κ2) is 16.4. The Morgan fingerprint density at radius 1 is 0.269 bits per heavy atom. The summed E-state index contributed by atoms with van der Waals surface area (Å²) in [4.78, 5) is 2.54. The summed E-state index contributed by atoms with van der Waals surface area (Å²) in [6.07, 6.45) is 0. The maximum absolute atomic E-state index is 2.54. The molecule has 0 aliphatic heterocycles. The predicted octanol–water partition coefficient (Wildman–Crippen LogP) is 19.4. The van der Waals surface area contributed by atoms with E-state index in [1.807, 2.05) is 22.7 Å². The van der Waals surface area contributed by atoms with Crippen molar-refractivity contribution in [3.8, 4) is 55.6 Å². The molecule has 0 amide bonds. The fraction of sp³-hybridized carbons (Fsp3) is 0. The van der Waals surface area contributed by atoms with Crippen molar-refractivity contribution in [1.82, 2.24) is 0 Å². The maximum Gasteiger partial charge on any atom is 0.0555 e. The van der Waals surface area contributed by atoms with Crippen LogP contribution in [0.15, 0.2) is 249 Å². The van der Waals surface area contributed by atoms with Crippen LogP contribution in [0.5, 0.6) is 0 Å². The average molecular weight is 888 g/mol. The van der Waals surface area contributed by atoms with Crippen LogP contribution in [0.2, 0.25) is 0 Å². The molecule has 11 aromatic carbocycles. The molecule has 67 heavy (non-hydrogen) atoms. The number of anilines is 3. The smallest absolute Gasteiger partial charge is 0.0555 e. The monoisotopic (exact) mass is 887 g/mol. The van der Waals surface area contributed by atoms with Gasteiger partial charge in [0.2, 0.25) is 0 Å². The second-order valence-electron chi connectivity index (χ2n) is 17.2. The lowest BCUT2D eigenvalue weighted by Crippen LogP contribution is -2.12. The summed E-state index contributed by atoms with van der Waals surface area (Å²) in [7, 11) is 0. The minimum absolute atomic E-state index is 1.11. The standard InChI is InChI=1S/C64H41NS2/c1-5-15-42(16-6-1)50-27-31-54-57-41-52(30-36-60(57)66-61(54)39-50)65(58-34-29-49(38-56(58)46-22-11-4-12-23-46)48-26-25-44-19-13-14-24-47(44)37-48)59-35-33-53(45-20-9-3-10-21-45)64-63(59)55-32-28-51(40-62(55)67-64)43-17-7-2-8-18-43/h1-41H. The first kappa shape index (κ1) is 39.3. The number of thiophene rings is 2. The molecule has 314 valence electrons. The molecule has 0 N–H and O–H groups in total. The van der Waals surface area contributed by atoms with Crippen LogP contribution >= 0.6 is 22.7 Å². The van der Waals surface area contributed by atoms with Gasteiger partial charge in [0, 0.05) is 51.6 Å². The zero-order chi connectivity index (χ0) is 44.3. The van der Waals surface area contributed by atoms with E-state index in [2.05, 4.69) is 254 Å². The summed E-state index contributed by atoms with van der Waals surface area (Å²) in [5.74, 6) is 0. The van der Waals surface area contributed by atoms with Crippen molar-refractivity contribution in [3.05, 3.63) is 249 Å². The van der Waals surface area contributed by atoms with Crippen LogP contribution in [0.1, 0.15) is 0 Å². The fourth-order valence-corrected chi connectivity index (χ4v) is 12.4. The zero-order valence-electron chi connectivity index (χ0n) is 36.4. The van der Waals surface area contributed by atoms with Crippen LogP contribution in [0.25, 0.3) is 107 Å². The van der Waals surface area contributed by atoms with Crippen LogP contribution in [0.4, 0.5) is 17.1 Å². The number of benzene rings is 11. The lowest BCUT2D eigenvalue weighted by molar-refractivity contribution is 1.31. The maximum atomic E-state index is 2.54. The molecule has 0 unspecified atom stereocenters. The average Bonchev–Trinajstić information content (AvgIpc) is 3.98. The van der Waals surface area contributed by atoms with E-state index in [0.717, 1.165) is 17.1 Å². The number of fused-ring (bicyclic) bond motifs is 7. The van der Waals surface area contributed by atoms with Gasteiger partial charge in [-0.05, 0) is 115 Å². The van der Waals surface area contributed by atoms with Gasteiger partial charge in [-0.25, -0.2) is 0 Å². The van der Waals surface area contributed by atoms with Gasteiger partial charge in [-0.1, -0.05) is 194 Å². The number of hydrogen-bond acceptors (Lipinski definition) is 3. The topological polar surface area (TPSA) is 3.24 Å². The van der Waals surface area contributed by atoms with Crippen molar-refractivity contribution < 1.29 is 0 Å². The molecule has 13 aromatic rings. The molecule has 0 bridgehead atoms. The van der Waals surface area contributed by atoms with Crippen molar-refractivity contribution in [2.24, 2.45) is 0 Å². The van der Waals surface area contributed by atoms with Gasteiger partial charge in [0.15, 0.2) is 0 Å². The third-order valence-corrected chi connectivity index (χ3v) is 15.6. The first-order valence-electron chi connectivity index (χ1n) is 22.8. The third kappa shape index (κ3) is 6.99.